The normalized spacial score (nSPS) is 13.9. The molecule has 0 aromatic heterocycles. The van der Waals surface area contributed by atoms with Gasteiger partial charge in [-0.3, -0.25) is 4.79 Å². The van der Waals surface area contributed by atoms with Gasteiger partial charge >= 0.3 is 5.97 Å². The molecule has 0 radical (unpaired) electrons. The molecule has 0 unspecified atom stereocenters. The van der Waals surface area contributed by atoms with Gasteiger partial charge in [0, 0.05) is 19.2 Å². The van der Waals surface area contributed by atoms with Crippen LogP contribution in [0, 0.1) is 5.82 Å². The Hall–Kier alpha value is -2.11. The molecule has 18 heavy (non-hydrogen) atoms. The van der Waals surface area contributed by atoms with Crippen LogP contribution in [0.5, 0.6) is 5.75 Å². The van der Waals surface area contributed by atoms with Crippen molar-refractivity contribution in [3.63, 3.8) is 0 Å². The Kier molecular flexibility index (Phi) is 3.45. The molecule has 0 atom stereocenters. The molecule has 0 spiro atoms. The fourth-order valence-corrected chi connectivity index (χ4v) is 1.59. The van der Waals surface area contributed by atoms with Crippen LogP contribution < -0.4 is 4.74 Å². The van der Waals surface area contributed by atoms with Gasteiger partial charge in [-0.1, -0.05) is 0 Å². The number of carbonyl (C=O) groups excluding carboxylic acids is 1. The maximum Gasteiger partial charge on any atom is 0.339 e. The first-order valence-electron chi connectivity index (χ1n) is 5.51. The molecule has 1 heterocycles. The highest BCUT2D eigenvalue weighted by Gasteiger charge is 2.21. The van der Waals surface area contributed by atoms with E-state index < -0.39 is 11.8 Å². The zero-order chi connectivity index (χ0) is 13.1. The molecule has 1 aliphatic rings. The van der Waals surface area contributed by atoms with Crippen molar-refractivity contribution in [2.45, 2.75) is 6.42 Å². The van der Waals surface area contributed by atoms with E-state index >= 15 is 0 Å². The van der Waals surface area contributed by atoms with Crippen molar-refractivity contribution in [1.29, 1.82) is 0 Å². The van der Waals surface area contributed by atoms with Crippen LogP contribution in [0.3, 0.4) is 0 Å². The second-order valence-corrected chi connectivity index (χ2v) is 3.97. The molecule has 1 aliphatic heterocycles. The smallest absolute Gasteiger partial charge is 0.339 e. The minimum absolute atomic E-state index is 0.128. The van der Waals surface area contributed by atoms with Crippen molar-refractivity contribution in [2.75, 3.05) is 19.7 Å². The molecule has 0 saturated carbocycles. The molecule has 0 aliphatic carbocycles. The lowest BCUT2D eigenvalue weighted by Gasteiger charge is -2.30. The van der Waals surface area contributed by atoms with Gasteiger partial charge in [0.05, 0.1) is 0 Å². The molecule has 2 rings (SSSR count). The highest BCUT2D eigenvalue weighted by atomic mass is 19.1. The first kappa shape index (κ1) is 12.3. The van der Waals surface area contributed by atoms with Gasteiger partial charge in [-0.05, 0) is 18.6 Å². The summed E-state index contributed by atoms with van der Waals surface area (Å²) in [4.78, 5) is 24.0. The molecular formula is C12H12FNO4. The summed E-state index contributed by atoms with van der Waals surface area (Å²) >= 11 is 0. The SMILES string of the molecule is O=C(O)c1ccc(F)cc1OCC(=O)N1CCC1. The maximum absolute atomic E-state index is 13.0. The van der Waals surface area contributed by atoms with E-state index in [-0.39, 0.29) is 23.8 Å². The summed E-state index contributed by atoms with van der Waals surface area (Å²) in [5.41, 5.74) is -0.159. The van der Waals surface area contributed by atoms with E-state index in [0.717, 1.165) is 24.6 Å². The number of carbonyl (C=O) groups is 2. The van der Waals surface area contributed by atoms with Crippen molar-refractivity contribution in [2.24, 2.45) is 0 Å². The van der Waals surface area contributed by atoms with Crippen LogP contribution in [0.15, 0.2) is 18.2 Å². The van der Waals surface area contributed by atoms with Crippen molar-refractivity contribution >= 4 is 11.9 Å². The summed E-state index contributed by atoms with van der Waals surface area (Å²) in [6.07, 6.45) is 0.964. The first-order valence-corrected chi connectivity index (χ1v) is 5.51. The number of carboxylic acid groups (broad SMARTS) is 1. The molecule has 1 saturated heterocycles. The van der Waals surface area contributed by atoms with E-state index in [4.69, 9.17) is 9.84 Å². The number of carboxylic acids is 1. The summed E-state index contributed by atoms with van der Waals surface area (Å²) in [5.74, 6) is -2.17. The Morgan fingerprint density at radius 3 is 2.67 bits per heavy atom. The standard InChI is InChI=1S/C12H12FNO4/c13-8-2-3-9(12(16)17)10(6-8)18-7-11(15)14-4-1-5-14/h2-3,6H,1,4-5,7H2,(H,16,17). The predicted molar refractivity (Wildman–Crippen MR) is 60.1 cm³/mol. The maximum atomic E-state index is 13.0. The predicted octanol–water partition coefficient (Wildman–Crippen LogP) is 1.14. The van der Waals surface area contributed by atoms with Crippen LogP contribution >= 0.6 is 0 Å². The van der Waals surface area contributed by atoms with Gasteiger partial charge in [-0.2, -0.15) is 0 Å². The van der Waals surface area contributed by atoms with Gasteiger partial charge in [0.2, 0.25) is 0 Å². The third-order valence-corrected chi connectivity index (χ3v) is 2.73. The zero-order valence-electron chi connectivity index (χ0n) is 9.56. The number of aromatic carboxylic acids is 1. The number of rotatable bonds is 4. The molecule has 96 valence electrons. The van der Waals surface area contributed by atoms with E-state index in [1.165, 1.54) is 0 Å². The quantitative estimate of drug-likeness (QED) is 0.873. The number of amides is 1. The van der Waals surface area contributed by atoms with Crippen molar-refractivity contribution < 1.29 is 23.8 Å². The fraction of sp³-hybridized carbons (Fsp3) is 0.333. The summed E-state index contributed by atoms with van der Waals surface area (Å²) in [6.45, 7) is 1.11. The van der Waals surface area contributed by atoms with Crippen LogP contribution in [-0.4, -0.2) is 41.6 Å². The van der Waals surface area contributed by atoms with Gasteiger partial charge in [-0.25, -0.2) is 9.18 Å². The minimum atomic E-state index is -1.22. The average Bonchev–Trinajstić information content (AvgIpc) is 2.23. The number of likely N-dealkylation sites (tertiary alicyclic amines) is 1. The average molecular weight is 253 g/mol. The summed E-state index contributed by atoms with van der Waals surface area (Å²) < 4.78 is 18.1. The van der Waals surface area contributed by atoms with E-state index in [1.54, 1.807) is 4.90 Å². The number of benzene rings is 1. The molecular weight excluding hydrogens is 241 g/mol. The molecule has 1 N–H and O–H groups in total. The van der Waals surface area contributed by atoms with Crippen LogP contribution in [-0.2, 0) is 4.79 Å². The molecule has 1 aromatic carbocycles. The highest BCUT2D eigenvalue weighted by molar-refractivity contribution is 5.91. The Bertz CT molecular complexity index is 485. The van der Waals surface area contributed by atoms with Crippen LogP contribution in [0.1, 0.15) is 16.8 Å². The first-order chi connectivity index (χ1) is 8.58. The van der Waals surface area contributed by atoms with Gasteiger partial charge < -0.3 is 14.7 Å². The Balaban J connectivity index is 2.05. The zero-order valence-corrected chi connectivity index (χ0v) is 9.56. The highest BCUT2D eigenvalue weighted by Crippen LogP contribution is 2.20. The van der Waals surface area contributed by atoms with Crippen molar-refractivity contribution in [3.05, 3.63) is 29.6 Å². The number of halogens is 1. The lowest BCUT2D eigenvalue weighted by molar-refractivity contribution is -0.136. The Morgan fingerprint density at radius 2 is 2.11 bits per heavy atom. The number of nitrogens with zero attached hydrogens (tertiary/aromatic N) is 1. The van der Waals surface area contributed by atoms with E-state index in [1.807, 2.05) is 0 Å². The largest absolute Gasteiger partial charge is 0.483 e. The summed E-state index contributed by atoms with van der Waals surface area (Å²) in [6, 6.07) is 3.11. The van der Waals surface area contributed by atoms with Crippen LogP contribution in [0.4, 0.5) is 4.39 Å². The summed E-state index contributed by atoms with van der Waals surface area (Å²) in [7, 11) is 0. The van der Waals surface area contributed by atoms with Gasteiger partial charge in [0.1, 0.15) is 17.1 Å². The lowest BCUT2D eigenvalue weighted by atomic mass is 10.2. The Labute approximate surface area is 103 Å². The molecule has 6 heteroatoms. The molecule has 5 nitrogen and oxygen atoms in total. The molecule has 1 fully saturated rings. The minimum Gasteiger partial charge on any atom is -0.483 e. The number of hydrogen-bond acceptors (Lipinski definition) is 3. The molecule has 0 bridgehead atoms. The number of hydrogen-bond donors (Lipinski definition) is 1. The monoisotopic (exact) mass is 253 g/mol. The van der Waals surface area contributed by atoms with Crippen molar-refractivity contribution in [1.82, 2.24) is 4.90 Å². The van der Waals surface area contributed by atoms with E-state index in [9.17, 15) is 14.0 Å². The van der Waals surface area contributed by atoms with Gasteiger partial charge in [0.25, 0.3) is 5.91 Å². The topological polar surface area (TPSA) is 66.8 Å². The second kappa shape index (κ2) is 5.03. The van der Waals surface area contributed by atoms with Gasteiger partial charge in [-0.15, -0.1) is 0 Å². The Morgan fingerprint density at radius 1 is 1.39 bits per heavy atom. The molecule has 1 amide bonds. The van der Waals surface area contributed by atoms with Gasteiger partial charge in [0.15, 0.2) is 6.61 Å². The van der Waals surface area contributed by atoms with Crippen molar-refractivity contribution in [3.8, 4) is 5.75 Å². The fourth-order valence-electron chi connectivity index (χ4n) is 1.59. The van der Waals surface area contributed by atoms with Crippen LogP contribution in [0.2, 0.25) is 0 Å². The lowest BCUT2D eigenvalue weighted by Crippen LogP contribution is -2.44. The summed E-state index contributed by atoms with van der Waals surface area (Å²) in [5, 5.41) is 8.89. The molecule has 1 aromatic rings. The van der Waals surface area contributed by atoms with E-state index in [2.05, 4.69) is 0 Å². The van der Waals surface area contributed by atoms with E-state index in [0.29, 0.717) is 13.1 Å². The third kappa shape index (κ3) is 2.58. The second-order valence-electron chi connectivity index (χ2n) is 3.97. The number of ether oxygens (including phenoxy) is 1. The van der Waals surface area contributed by atoms with Crippen LogP contribution in [0.25, 0.3) is 0 Å². The third-order valence-electron chi connectivity index (χ3n) is 2.73.